The van der Waals surface area contributed by atoms with E-state index in [-0.39, 0.29) is 6.61 Å². The van der Waals surface area contributed by atoms with E-state index in [9.17, 15) is 0 Å². The minimum atomic E-state index is -0.0386. The van der Waals surface area contributed by atoms with Gasteiger partial charge in [-0.1, -0.05) is 0 Å². The van der Waals surface area contributed by atoms with Crippen LogP contribution in [0.1, 0.15) is 5.69 Å². The van der Waals surface area contributed by atoms with Gasteiger partial charge in [0.2, 0.25) is 0 Å². The molecule has 0 aliphatic carbocycles. The zero-order valence-corrected chi connectivity index (χ0v) is 8.70. The van der Waals surface area contributed by atoms with Crippen molar-refractivity contribution in [2.24, 2.45) is 0 Å². The first-order valence-electron chi connectivity index (χ1n) is 4.66. The molecule has 14 heavy (non-hydrogen) atoms. The fourth-order valence-corrected chi connectivity index (χ4v) is 2.30. The maximum Gasteiger partial charge on any atom is 0.151 e. The summed E-state index contributed by atoms with van der Waals surface area (Å²) in [6, 6.07) is 3.75. The topological polar surface area (TPSA) is 49.2 Å². The van der Waals surface area contributed by atoms with Gasteiger partial charge in [0.05, 0.1) is 12.3 Å². The van der Waals surface area contributed by atoms with E-state index >= 15 is 0 Å². The van der Waals surface area contributed by atoms with Gasteiger partial charge in [-0.3, -0.25) is 0 Å². The zero-order chi connectivity index (χ0) is 9.80. The number of aliphatic hydroxyl groups is 1. The first-order valence-corrected chi connectivity index (χ1v) is 5.82. The van der Waals surface area contributed by atoms with E-state index in [0.717, 1.165) is 30.4 Å². The largest absolute Gasteiger partial charge is 0.390 e. The number of rotatable bonds is 2. The Labute approximate surface area is 87.3 Å². The molecular weight excluding hydrogens is 198 g/mol. The Hall–Kier alpha value is -0.810. The number of nitrogens with zero attached hydrogens (tertiary/aromatic N) is 3. The second-order valence-corrected chi connectivity index (χ2v) is 4.37. The van der Waals surface area contributed by atoms with Gasteiger partial charge in [-0.2, -0.15) is 16.9 Å². The Morgan fingerprint density at radius 3 is 2.64 bits per heavy atom. The molecule has 0 amide bonds. The van der Waals surface area contributed by atoms with Crippen molar-refractivity contribution < 1.29 is 5.11 Å². The molecule has 1 saturated heterocycles. The average molecular weight is 211 g/mol. The first-order chi connectivity index (χ1) is 6.90. The minimum Gasteiger partial charge on any atom is -0.390 e. The molecule has 4 nitrogen and oxygen atoms in total. The molecule has 5 heteroatoms. The normalized spacial score (nSPS) is 17.1. The van der Waals surface area contributed by atoms with Crippen molar-refractivity contribution >= 4 is 17.6 Å². The van der Waals surface area contributed by atoms with Crippen molar-refractivity contribution in [1.82, 2.24) is 10.2 Å². The summed E-state index contributed by atoms with van der Waals surface area (Å²) in [5.41, 5.74) is 0.625. The molecule has 1 N–H and O–H groups in total. The second-order valence-electron chi connectivity index (χ2n) is 3.14. The molecule has 0 bridgehead atoms. The lowest BCUT2D eigenvalue weighted by Gasteiger charge is -2.26. The van der Waals surface area contributed by atoms with Gasteiger partial charge in [0.1, 0.15) is 0 Å². The Morgan fingerprint density at radius 2 is 2.07 bits per heavy atom. The molecule has 0 aromatic carbocycles. The van der Waals surface area contributed by atoms with Crippen molar-refractivity contribution in [2.75, 3.05) is 29.5 Å². The van der Waals surface area contributed by atoms with Gasteiger partial charge in [-0.15, -0.1) is 5.10 Å². The van der Waals surface area contributed by atoms with Crippen LogP contribution in [0.5, 0.6) is 0 Å². The molecule has 76 valence electrons. The number of hydrogen-bond donors (Lipinski definition) is 1. The molecule has 0 atom stereocenters. The fraction of sp³-hybridized carbons (Fsp3) is 0.556. The highest BCUT2D eigenvalue weighted by molar-refractivity contribution is 7.99. The van der Waals surface area contributed by atoms with Crippen molar-refractivity contribution in [3.8, 4) is 0 Å². The lowest BCUT2D eigenvalue weighted by atomic mass is 10.4. The molecule has 2 rings (SSSR count). The van der Waals surface area contributed by atoms with Crippen LogP contribution in [-0.2, 0) is 6.61 Å². The molecule has 0 unspecified atom stereocenters. The number of hydrogen-bond acceptors (Lipinski definition) is 5. The minimum absolute atomic E-state index is 0.0386. The summed E-state index contributed by atoms with van der Waals surface area (Å²) in [4.78, 5) is 2.23. The number of aliphatic hydroxyl groups excluding tert-OH is 1. The van der Waals surface area contributed by atoms with Gasteiger partial charge >= 0.3 is 0 Å². The molecule has 1 aromatic heterocycles. The quantitative estimate of drug-likeness (QED) is 0.773. The smallest absolute Gasteiger partial charge is 0.151 e. The fourth-order valence-electron chi connectivity index (χ4n) is 1.40. The molecular formula is C9H13N3OS. The van der Waals surface area contributed by atoms with Crippen LogP contribution < -0.4 is 4.90 Å². The van der Waals surface area contributed by atoms with E-state index in [1.807, 2.05) is 23.9 Å². The van der Waals surface area contributed by atoms with Crippen molar-refractivity contribution in [3.63, 3.8) is 0 Å². The highest BCUT2D eigenvalue weighted by Crippen LogP contribution is 2.16. The van der Waals surface area contributed by atoms with Crippen LogP contribution in [0.3, 0.4) is 0 Å². The van der Waals surface area contributed by atoms with Gasteiger partial charge < -0.3 is 10.0 Å². The standard InChI is InChI=1S/C9H13N3OS/c13-7-8-1-2-9(11-10-8)12-3-5-14-6-4-12/h1-2,13H,3-7H2. The average Bonchev–Trinajstić information content (AvgIpc) is 2.30. The van der Waals surface area contributed by atoms with Crippen LogP contribution in [0.25, 0.3) is 0 Å². The van der Waals surface area contributed by atoms with E-state index in [1.165, 1.54) is 0 Å². The molecule has 1 aliphatic rings. The molecule has 1 aliphatic heterocycles. The van der Waals surface area contributed by atoms with Crippen LogP contribution in [0, 0.1) is 0 Å². The summed E-state index contributed by atoms with van der Waals surface area (Å²) in [5, 5.41) is 16.8. The predicted octanol–water partition coefficient (Wildman–Crippen LogP) is 0.522. The lowest BCUT2D eigenvalue weighted by molar-refractivity contribution is 0.275. The van der Waals surface area contributed by atoms with Gasteiger partial charge in [0.25, 0.3) is 0 Å². The van der Waals surface area contributed by atoms with Crippen molar-refractivity contribution in [2.45, 2.75) is 6.61 Å². The van der Waals surface area contributed by atoms with Crippen molar-refractivity contribution in [1.29, 1.82) is 0 Å². The summed E-state index contributed by atoms with van der Waals surface area (Å²) in [6.45, 7) is 2.04. The SMILES string of the molecule is OCc1ccc(N2CCSCC2)nn1. The van der Waals surface area contributed by atoms with E-state index in [1.54, 1.807) is 0 Å². The molecule has 2 heterocycles. The molecule has 1 fully saturated rings. The molecule has 0 radical (unpaired) electrons. The maximum atomic E-state index is 8.82. The van der Waals surface area contributed by atoms with Gasteiger partial charge in [-0.25, -0.2) is 0 Å². The number of thioether (sulfide) groups is 1. The van der Waals surface area contributed by atoms with Gasteiger partial charge in [-0.05, 0) is 12.1 Å². The van der Waals surface area contributed by atoms with E-state index in [0.29, 0.717) is 5.69 Å². The van der Waals surface area contributed by atoms with Gasteiger partial charge in [0, 0.05) is 24.6 Å². The van der Waals surface area contributed by atoms with Crippen LogP contribution in [0.4, 0.5) is 5.82 Å². The van der Waals surface area contributed by atoms with E-state index in [2.05, 4.69) is 15.1 Å². The molecule has 1 aromatic rings. The Kier molecular flexibility index (Phi) is 3.21. The first kappa shape index (κ1) is 9.73. The third kappa shape index (κ3) is 2.16. The van der Waals surface area contributed by atoms with Crippen molar-refractivity contribution in [3.05, 3.63) is 17.8 Å². The highest BCUT2D eigenvalue weighted by atomic mass is 32.2. The van der Waals surface area contributed by atoms with Crippen LogP contribution in [0.2, 0.25) is 0 Å². The van der Waals surface area contributed by atoms with Gasteiger partial charge in [0.15, 0.2) is 5.82 Å². The Morgan fingerprint density at radius 1 is 1.29 bits per heavy atom. The number of anilines is 1. The summed E-state index contributed by atoms with van der Waals surface area (Å²) in [6.07, 6.45) is 0. The van der Waals surface area contributed by atoms with Crippen LogP contribution in [-0.4, -0.2) is 39.9 Å². The Balaban J connectivity index is 2.07. The highest BCUT2D eigenvalue weighted by Gasteiger charge is 2.12. The summed E-state index contributed by atoms with van der Waals surface area (Å²) < 4.78 is 0. The zero-order valence-electron chi connectivity index (χ0n) is 7.89. The second kappa shape index (κ2) is 4.61. The summed E-state index contributed by atoms with van der Waals surface area (Å²) >= 11 is 1.97. The lowest BCUT2D eigenvalue weighted by Crippen LogP contribution is -2.33. The summed E-state index contributed by atoms with van der Waals surface area (Å²) in [5.74, 6) is 3.23. The number of aromatic nitrogens is 2. The van der Waals surface area contributed by atoms with Crippen LogP contribution in [0.15, 0.2) is 12.1 Å². The maximum absolute atomic E-state index is 8.82. The third-order valence-corrected chi connectivity index (χ3v) is 3.15. The Bertz CT molecular complexity index is 285. The van der Waals surface area contributed by atoms with E-state index in [4.69, 9.17) is 5.11 Å². The van der Waals surface area contributed by atoms with E-state index < -0.39 is 0 Å². The van der Waals surface area contributed by atoms with Crippen LogP contribution >= 0.6 is 11.8 Å². The molecule has 0 saturated carbocycles. The third-order valence-electron chi connectivity index (χ3n) is 2.20. The predicted molar refractivity (Wildman–Crippen MR) is 57.5 cm³/mol. The molecule has 0 spiro atoms. The monoisotopic (exact) mass is 211 g/mol. The summed E-state index contributed by atoms with van der Waals surface area (Å²) in [7, 11) is 0.